The van der Waals surface area contributed by atoms with Crippen LogP contribution in [0, 0.1) is 6.92 Å². The first-order valence-electron chi connectivity index (χ1n) is 13.0. The van der Waals surface area contributed by atoms with Crippen LogP contribution >= 0.6 is 23.5 Å². The Kier molecular flexibility index (Phi) is 8.12. The van der Waals surface area contributed by atoms with Gasteiger partial charge in [-0.2, -0.15) is 18.3 Å². The summed E-state index contributed by atoms with van der Waals surface area (Å²) in [6.45, 7) is 3.30. The predicted octanol–water partition coefficient (Wildman–Crippen LogP) is 4.79. The van der Waals surface area contributed by atoms with Gasteiger partial charge < -0.3 is 10.2 Å². The van der Waals surface area contributed by atoms with Crippen molar-refractivity contribution in [2.24, 2.45) is 7.05 Å². The van der Waals surface area contributed by atoms with Crippen LogP contribution in [0.3, 0.4) is 0 Å². The zero-order valence-corrected chi connectivity index (χ0v) is 24.8. The normalized spacial score (nSPS) is 14.1. The van der Waals surface area contributed by atoms with Gasteiger partial charge in [-0.05, 0) is 37.6 Å². The van der Waals surface area contributed by atoms with Gasteiger partial charge in [0.05, 0.1) is 28.3 Å². The number of nitrogens with zero attached hydrogens (tertiary/aromatic N) is 6. The van der Waals surface area contributed by atoms with E-state index in [1.807, 2.05) is 24.8 Å². The number of carbonyl (C=O) groups excluding carboxylic acids is 1. The third kappa shape index (κ3) is 6.04. The van der Waals surface area contributed by atoms with E-state index in [4.69, 9.17) is 16.6 Å². The highest BCUT2D eigenvalue weighted by atomic mass is 35.5. The molecule has 0 aliphatic carbocycles. The molecule has 0 bridgehead atoms. The number of rotatable bonds is 7. The molecule has 0 radical (unpaired) electrons. The number of aryl methyl sites for hydroxylation is 1. The molecule has 0 fully saturated rings. The summed E-state index contributed by atoms with van der Waals surface area (Å²) in [5.74, 6) is -0.0154. The summed E-state index contributed by atoms with van der Waals surface area (Å²) in [5.41, 5.74) is 3.65. The first kappa shape index (κ1) is 29.7. The van der Waals surface area contributed by atoms with Crippen molar-refractivity contribution in [3.8, 4) is 0 Å². The van der Waals surface area contributed by atoms with Crippen LogP contribution in [0.15, 0.2) is 35.3 Å². The van der Waals surface area contributed by atoms with E-state index in [1.54, 1.807) is 31.5 Å². The smallest absolute Gasteiger partial charge is 0.377 e. The Morgan fingerprint density at radius 1 is 1.24 bits per heavy atom. The van der Waals surface area contributed by atoms with Crippen LogP contribution in [0.5, 0.6) is 0 Å². The molecular formula is C27H28ClF3N8O2S. The zero-order chi connectivity index (χ0) is 30.3. The summed E-state index contributed by atoms with van der Waals surface area (Å²) in [6, 6.07) is 6.55. The molecule has 2 N–H and O–H groups in total. The fourth-order valence-corrected chi connectivity index (χ4v) is 5.57. The summed E-state index contributed by atoms with van der Waals surface area (Å²) in [6.07, 6.45) is -0.839. The van der Waals surface area contributed by atoms with Crippen molar-refractivity contribution in [3.05, 3.63) is 74.0 Å². The van der Waals surface area contributed by atoms with Gasteiger partial charge >= 0.3 is 6.18 Å². The Bertz CT molecular complexity index is 1740. The van der Waals surface area contributed by atoms with Crippen LogP contribution in [-0.4, -0.2) is 49.2 Å². The van der Waals surface area contributed by atoms with Crippen molar-refractivity contribution < 1.29 is 18.0 Å². The van der Waals surface area contributed by atoms with Crippen molar-refractivity contribution in [2.45, 2.75) is 45.6 Å². The number of halogens is 4. The molecule has 4 aromatic rings. The molecule has 1 amide bonds. The Morgan fingerprint density at radius 3 is 2.71 bits per heavy atom. The highest BCUT2D eigenvalue weighted by Gasteiger charge is 2.31. The first-order valence-corrected chi connectivity index (χ1v) is 14.6. The van der Waals surface area contributed by atoms with Gasteiger partial charge in [0, 0.05) is 50.1 Å². The number of alkyl halides is 3. The van der Waals surface area contributed by atoms with Crippen LogP contribution in [0.2, 0.25) is 5.15 Å². The number of carbonyl (C=O) groups is 1. The summed E-state index contributed by atoms with van der Waals surface area (Å²) in [4.78, 5) is 37.2. The second-order valence-corrected chi connectivity index (χ2v) is 11.1. The summed E-state index contributed by atoms with van der Waals surface area (Å²) in [7, 11) is 1.63. The van der Waals surface area contributed by atoms with Gasteiger partial charge in [0.1, 0.15) is 11.7 Å². The molecule has 3 aromatic heterocycles. The molecule has 1 aromatic carbocycles. The van der Waals surface area contributed by atoms with Gasteiger partial charge in [0.15, 0.2) is 5.69 Å². The minimum Gasteiger partial charge on any atom is -0.377 e. The van der Waals surface area contributed by atoms with E-state index in [1.165, 1.54) is 10.8 Å². The number of fused-ring (bicyclic) bond motifs is 2. The predicted molar refractivity (Wildman–Crippen MR) is 157 cm³/mol. The topological polar surface area (TPSA) is 110 Å². The van der Waals surface area contributed by atoms with E-state index >= 15 is 0 Å². The highest BCUT2D eigenvalue weighted by Crippen LogP contribution is 2.30. The van der Waals surface area contributed by atoms with E-state index in [0.717, 1.165) is 27.8 Å². The minimum atomic E-state index is -4.38. The van der Waals surface area contributed by atoms with E-state index < -0.39 is 24.7 Å². The molecule has 10 nitrogen and oxygen atoms in total. The lowest BCUT2D eigenvalue weighted by Crippen LogP contribution is -2.35. The van der Waals surface area contributed by atoms with Gasteiger partial charge in [-0.25, -0.2) is 9.97 Å². The van der Waals surface area contributed by atoms with E-state index in [9.17, 15) is 22.8 Å². The number of nitrogens with one attached hydrogen (secondary N) is 2. The lowest BCUT2D eigenvalue weighted by atomic mass is 10.0. The zero-order valence-electron chi connectivity index (χ0n) is 23.2. The average molecular weight is 621 g/mol. The molecule has 5 rings (SSSR count). The second-order valence-electron chi connectivity index (χ2n) is 10.1. The Labute approximate surface area is 248 Å². The van der Waals surface area contributed by atoms with Gasteiger partial charge in [-0.15, -0.1) is 0 Å². The summed E-state index contributed by atoms with van der Waals surface area (Å²) in [5, 5.41) is 8.03. The van der Waals surface area contributed by atoms with Gasteiger partial charge in [0.2, 0.25) is 5.95 Å². The van der Waals surface area contributed by atoms with Crippen molar-refractivity contribution in [1.82, 2.24) is 29.0 Å². The van der Waals surface area contributed by atoms with Crippen molar-refractivity contribution >= 4 is 52.0 Å². The van der Waals surface area contributed by atoms with Crippen LogP contribution in [0.25, 0.3) is 10.9 Å². The Morgan fingerprint density at radius 2 is 2.00 bits per heavy atom. The van der Waals surface area contributed by atoms with Gasteiger partial charge in [-0.1, -0.05) is 29.6 Å². The molecule has 1 aliphatic heterocycles. The molecule has 222 valence electrons. The Hall–Kier alpha value is -3.78. The number of amides is 1. The molecule has 1 unspecified atom stereocenters. The van der Waals surface area contributed by atoms with E-state index in [0.29, 0.717) is 46.8 Å². The maximum absolute atomic E-state index is 13.6. The molecule has 0 spiro atoms. The monoisotopic (exact) mass is 620 g/mol. The standard InChI is InChI=1S/C27H28ClF3N8O2S/c1-14-9-17(15(2)32-20-5-6-21(28)33-23(20)24(40)36-42-4)22-18(10-14)25(41)37(3)26(34-22)38-8-7-19-16(11-38)12-39(35-19)13-27(29,30)31/h5-6,9-10,12,15,32H,7-8,11,13H2,1-4H3,(H,36,40). The third-order valence-corrected chi connectivity index (χ3v) is 7.57. The van der Waals surface area contributed by atoms with Crippen LogP contribution < -0.4 is 20.5 Å². The average Bonchev–Trinajstić information content (AvgIpc) is 3.31. The van der Waals surface area contributed by atoms with E-state index in [-0.39, 0.29) is 23.0 Å². The lowest BCUT2D eigenvalue weighted by molar-refractivity contribution is -0.142. The van der Waals surface area contributed by atoms with Crippen LogP contribution in [0.1, 0.15) is 45.8 Å². The minimum absolute atomic E-state index is 0.125. The molecule has 15 heteroatoms. The first-order chi connectivity index (χ1) is 19.8. The lowest BCUT2D eigenvalue weighted by Gasteiger charge is -2.29. The number of aromatic nitrogens is 5. The number of pyridine rings is 1. The SMILES string of the molecule is CSNC(=O)c1nc(Cl)ccc1NC(C)c1cc(C)cc2c(=O)n(C)c(N3CCc4nn(CC(F)(F)F)cc4C3)nc12. The third-order valence-electron chi connectivity index (χ3n) is 6.97. The maximum Gasteiger partial charge on any atom is 0.408 e. The van der Waals surface area contributed by atoms with Crippen LogP contribution in [0.4, 0.5) is 24.8 Å². The maximum atomic E-state index is 13.6. The van der Waals surface area contributed by atoms with Crippen molar-refractivity contribution in [2.75, 3.05) is 23.0 Å². The fourth-order valence-electron chi connectivity index (χ4n) is 5.14. The molecule has 1 aliphatic rings. The molecule has 42 heavy (non-hydrogen) atoms. The number of anilines is 2. The fraction of sp³-hybridized carbons (Fsp3) is 0.370. The largest absolute Gasteiger partial charge is 0.408 e. The van der Waals surface area contributed by atoms with Crippen LogP contribution in [-0.2, 0) is 26.6 Å². The molecule has 4 heterocycles. The van der Waals surface area contributed by atoms with Gasteiger partial charge in [0.25, 0.3) is 11.5 Å². The molecular weight excluding hydrogens is 593 g/mol. The molecule has 0 saturated carbocycles. The van der Waals surface area contributed by atoms with Crippen molar-refractivity contribution in [1.29, 1.82) is 0 Å². The number of hydrogen-bond donors (Lipinski definition) is 2. The molecule has 1 atom stereocenters. The van der Waals surface area contributed by atoms with E-state index in [2.05, 4.69) is 20.1 Å². The van der Waals surface area contributed by atoms with Gasteiger partial charge in [-0.3, -0.25) is 23.6 Å². The Balaban J connectivity index is 1.52. The summed E-state index contributed by atoms with van der Waals surface area (Å²) >= 11 is 7.20. The van der Waals surface area contributed by atoms with Crippen molar-refractivity contribution in [3.63, 3.8) is 0 Å². The quantitative estimate of drug-likeness (QED) is 0.224. The summed E-state index contributed by atoms with van der Waals surface area (Å²) < 4.78 is 43.8. The number of benzene rings is 1. The molecule has 0 saturated heterocycles. The highest BCUT2D eigenvalue weighted by molar-refractivity contribution is 7.97. The number of hydrogen-bond acceptors (Lipinski definition) is 8. The second kappa shape index (κ2) is 11.5.